The van der Waals surface area contributed by atoms with Crippen molar-refractivity contribution in [2.75, 3.05) is 19.7 Å². The number of halogens is 1. The Morgan fingerprint density at radius 1 is 1.35 bits per heavy atom. The monoisotopic (exact) mass is 317 g/mol. The van der Waals surface area contributed by atoms with Crippen molar-refractivity contribution in [3.8, 4) is 5.75 Å². The quantitative estimate of drug-likeness (QED) is 0.796. The Labute approximate surface area is 122 Å². The van der Waals surface area contributed by atoms with E-state index in [0.717, 1.165) is 25.9 Å². The Morgan fingerprint density at radius 2 is 2.00 bits per heavy atom. The molecule has 1 aliphatic rings. The van der Waals surface area contributed by atoms with Crippen LogP contribution >= 0.6 is 10.7 Å². The molecule has 1 aromatic carbocycles. The van der Waals surface area contributed by atoms with Crippen molar-refractivity contribution in [3.05, 3.63) is 23.8 Å². The molecule has 0 spiro atoms. The van der Waals surface area contributed by atoms with Crippen LogP contribution < -0.4 is 4.74 Å². The van der Waals surface area contributed by atoms with Gasteiger partial charge in [0.25, 0.3) is 15.0 Å². The van der Waals surface area contributed by atoms with Crippen LogP contribution in [0.5, 0.6) is 5.75 Å². The molecule has 0 aromatic heterocycles. The van der Waals surface area contributed by atoms with Crippen molar-refractivity contribution in [1.82, 2.24) is 4.90 Å². The van der Waals surface area contributed by atoms with Gasteiger partial charge in [0.2, 0.25) is 0 Å². The highest BCUT2D eigenvalue weighted by Gasteiger charge is 2.18. The second-order valence-electron chi connectivity index (χ2n) is 4.74. The topological polar surface area (TPSA) is 63.7 Å². The highest BCUT2D eigenvalue weighted by molar-refractivity contribution is 8.13. The third kappa shape index (κ3) is 3.64. The maximum atomic E-state index is 11.8. The lowest BCUT2D eigenvalue weighted by Crippen LogP contribution is -2.32. The highest BCUT2D eigenvalue weighted by atomic mass is 35.7. The molecule has 0 bridgehead atoms. The van der Waals surface area contributed by atoms with Crippen molar-refractivity contribution >= 4 is 25.6 Å². The van der Waals surface area contributed by atoms with Crippen molar-refractivity contribution in [3.63, 3.8) is 0 Å². The molecule has 0 aliphatic carbocycles. The Hall–Kier alpha value is -1.27. The summed E-state index contributed by atoms with van der Waals surface area (Å²) in [4.78, 5) is 13.6. The molecule has 1 saturated heterocycles. The van der Waals surface area contributed by atoms with Gasteiger partial charge in [-0.05, 0) is 43.5 Å². The van der Waals surface area contributed by atoms with E-state index in [1.54, 1.807) is 17.9 Å². The number of aryl methyl sites for hydroxylation is 1. The average Bonchev–Trinajstić information content (AvgIpc) is 2.88. The maximum Gasteiger partial charge on any atom is 0.261 e. The highest BCUT2D eigenvalue weighted by Crippen LogP contribution is 2.24. The smallest absolute Gasteiger partial charge is 0.261 e. The number of amides is 1. The molecule has 0 saturated carbocycles. The summed E-state index contributed by atoms with van der Waals surface area (Å²) in [5.41, 5.74) is 0.492. The third-order valence-corrected chi connectivity index (χ3v) is 4.71. The Kier molecular flexibility index (Phi) is 4.55. The van der Waals surface area contributed by atoms with Crippen LogP contribution in [0.25, 0.3) is 0 Å². The number of ether oxygens (including phenoxy) is 1. The van der Waals surface area contributed by atoms with E-state index >= 15 is 0 Å². The number of benzene rings is 1. The zero-order valence-electron chi connectivity index (χ0n) is 11.1. The predicted octanol–water partition coefficient (Wildman–Crippen LogP) is 1.92. The predicted molar refractivity (Wildman–Crippen MR) is 75.5 cm³/mol. The fourth-order valence-electron chi connectivity index (χ4n) is 2.19. The normalized spacial score (nSPS) is 15.4. The lowest BCUT2D eigenvalue weighted by molar-refractivity contribution is -0.132. The van der Waals surface area contributed by atoms with Crippen LogP contribution in [-0.2, 0) is 13.8 Å². The maximum absolute atomic E-state index is 11.8. The number of hydrogen-bond acceptors (Lipinski definition) is 4. The van der Waals surface area contributed by atoms with Gasteiger partial charge in [-0.3, -0.25) is 4.79 Å². The molecule has 2 rings (SSSR count). The van der Waals surface area contributed by atoms with E-state index in [1.807, 2.05) is 0 Å². The first-order chi connectivity index (χ1) is 9.38. The summed E-state index contributed by atoms with van der Waals surface area (Å²) < 4.78 is 27.9. The van der Waals surface area contributed by atoms with Gasteiger partial charge in [0.1, 0.15) is 5.75 Å². The lowest BCUT2D eigenvalue weighted by Gasteiger charge is -2.15. The summed E-state index contributed by atoms with van der Waals surface area (Å²) in [5, 5.41) is 0. The van der Waals surface area contributed by atoms with E-state index in [0.29, 0.717) is 11.3 Å². The first-order valence-electron chi connectivity index (χ1n) is 6.34. The Morgan fingerprint density at radius 3 is 2.55 bits per heavy atom. The van der Waals surface area contributed by atoms with Crippen LogP contribution in [0.4, 0.5) is 0 Å². The second kappa shape index (κ2) is 6.01. The summed E-state index contributed by atoms with van der Waals surface area (Å²) in [6, 6.07) is 4.44. The average molecular weight is 318 g/mol. The summed E-state index contributed by atoms with van der Waals surface area (Å²) >= 11 is 0. The van der Waals surface area contributed by atoms with E-state index < -0.39 is 9.05 Å². The van der Waals surface area contributed by atoms with E-state index in [9.17, 15) is 13.2 Å². The van der Waals surface area contributed by atoms with Crippen molar-refractivity contribution < 1.29 is 17.9 Å². The van der Waals surface area contributed by atoms with Crippen molar-refractivity contribution in [1.29, 1.82) is 0 Å². The minimum atomic E-state index is -3.75. The molecule has 0 radical (unpaired) electrons. The number of likely N-dealkylation sites (tertiary alicyclic amines) is 1. The summed E-state index contributed by atoms with van der Waals surface area (Å²) in [6.07, 6.45) is 2.07. The van der Waals surface area contributed by atoms with Gasteiger partial charge in [0.05, 0.1) is 4.90 Å². The molecule has 5 nitrogen and oxygen atoms in total. The molecule has 1 aliphatic heterocycles. The van der Waals surface area contributed by atoms with Gasteiger partial charge in [0.15, 0.2) is 6.61 Å². The van der Waals surface area contributed by atoms with Crippen LogP contribution in [0.15, 0.2) is 23.1 Å². The molecule has 1 aromatic rings. The minimum Gasteiger partial charge on any atom is -0.484 e. The fraction of sp³-hybridized carbons (Fsp3) is 0.462. The first kappa shape index (κ1) is 15.1. The SMILES string of the molecule is Cc1cc(OCC(=O)N2CCCC2)ccc1S(=O)(=O)Cl. The zero-order chi connectivity index (χ0) is 14.8. The van der Waals surface area contributed by atoms with E-state index in [4.69, 9.17) is 15.4 Å². The molecule has 0 atom stereocenters. The third-order valence-electron chi connectivity index (χ3n) is 3.23. The molecular formula is C13H16ClNO4S. The van der Waals surface area contributed by atoms with Crippen LogP contribution in [0.1, 0.15) is 18.4 Å². The zero-order valence-corrected chi connectivity index (χ0v) is 12.7. The van der Waals surface area contributed by atoms with Gasteiger partial charge in [-0.1, -0.05) is 0 Å². The van der Waals surface area contributed by atoms with E-state index in [-0.39, 0.29) is 17.4 Å². The number of nitrogens with zero attached hydrogens (tertiary/aromatic N) is 1. The fourth-order valence-corrected chi connectivity index (χ4v) is 3.38. The van der Waals surface area contributed by atoms with Crippen molar-refractivity contribution in [2.45, 2.75) is 24.7 Å². The van der Waals surface area contributed by atoms with Crippen LogP contribution in [-0.4, -0.2) is 38.9 Å². The van der Waals surface area contributed by atoms with Crippen LogP contribution in [0.2, 0.25) is 0 Å². The molecular weight excluding hydrogens is 302 g/mol. The van der Waals surface area contributed by atoms with Gasteiger partial charge >= 0.3 is 0 Å². The number of rotatable bonds is 4. The molecule has 1 heterocycles. The molecule has 0 N–H and O–H groups in total. The molecule has 7 heteroatoms. The summed E-state index contributed by atoms with van der Waals surface area (Å²) in [5.74, 6) is 0.410. The number of carbonyl (C=O) groups excluding carboxylic acids is 1. The largest absolute Gasteiger partial charge is 0.484 e. The summed E-state index contributed by atoms with van der Waals surface area (Å²) in [6.45, 7) is 3.16. The molecule has 0 unspecified atom stereocenters. The molecule has 20 heavy (non-hydrogen) atoms. The van der Waals surface area contributed by atoms with Gasteiger partial charge in [-0.2, -0.15) is 0 Å². The molecule has 1 fully saturated rings. The number of hydrogen-bond donors (Lipinski definition) is 0. The second-order valence-corrected chi connectivity index (χ2v) is 7.28. The van der Waals surface area contributed by atoms with E-state index in [2.05, 4.69) is 0 Å². The van der Waals surface area contributed by atoms with Crippen LogP contribution in [0, 0.1) is 6.92 Å². The van der Waals surface area contributed by atoms with Gasteiger partial charge in [-0.15, -0.1) is 0 Å². The van der Waals surface area contributed by atoms with Gasteiger partial charge < -0.3 is 9.64 Å². The molecule has 110 valence electrons. The van der Waals surface area contributed by atoms with Gasteiger partial charge in [0, 0.05) is 23.8 Å². The van der Waals surface area contributed by atoms with Gasteiger partial charge in [-0.25, -0.2) is 8.42 Å². The lowest BCUT2D eigenvalue weighted by atomic mass is 10.2. The molecule has 1 amide bonds. The number of carbonyl (C=O) groups is 1. The standard InChI is InChI=1S/C13H16ClNO4S/c1-10-8-11(4-5-12(10)20(14,17)18)19-9-13(16)15-6-2-3-7-15/h4-5,8H,2-3,6-7,9H2,1H3. The summed E-state index contributed by atoms with van der Waals surface area (Å²) in [7, 11) is 1.55. The Bertz CT molecular complexity index is 609. The Balaban J connectivity index is 2.00. The minimum absolute atomic E-state index is 0.0353. The first-order valence-corrected chi connectivity index (χ1v) is 8.65. The van der Waals surface area contributed by atoms with Crippen molar-refractivity contribution in [2.24, 2.45) is 0 Å². The van der Waals surface area contributed by atoms with Crippen LogP contribution in [0.3, 0.4) is 0 Å². The van der Waals surface area contributed by atoms with E-state index in [1.165, 1.54) is 12.1 Å².